The topological polar surface area (TPSA) is 42.6 Å². The molecule has 0 aliphatic carbocycles. The minimum Gasteiger partial charge on any atom is -0.463 e. The summed E-state index contributed by atoms with van der Waals surface area (Å²) in [6.45, 7) is 10.3. The summed E-state index contributed by atoms with van der Waals surface area (Å²) in [6, 6.07) is 3.82. The summed E-state index contributed by atoms with van der Waals surface area (Å²) in [4.78, 5) is 0. The third-order valence-electron chi connectivity index (χ3n) is 3.85. The van der Waals surface area contributed by atoms with E-state index in [0.29, 0.717) is 5.76 Å². The molecule has 0 aromatic carbocycles. The van der Waals surface area contributed by atoms with Crippen LogP contribution in [0.25, 0.3) is 0 Å². The average Bonchev–Trinajstić information content (AvgIpc) is 2.79. The van der Waals surface area contributed by atoms with Crippen LogP contribution in [0.4, 0.5) is 0 Å². The number of aryl methyl sites for hydroxylation is 1. The number of hydrogen-bond acceptors (Lipinski definition) is 3. The highest BCUT2D eigenvalue weighted by molar-refractivity contribution is 5.13. The Labute approximate surface area is 109 Å². The number of furan rings is 1. The van der Waals surface area contributed by atoms with Crippen molar-refractivity contribution in [2.45, 2.75) is 64.8 Å². The van der Waals surface area contributed by atoms with Crippen molar-refractivity contribution in [2.24, 2.45) is 5.92 Å². The van der Waals surface area contributed by atoms with Gasteiger partial charge in [-0.1, -0.05) is 6.92 Å². The molecule has 1 fully saturated rings. The van der Waals surface area contributed by atoms with E-state index in [2.05, 4.69) is 13.8 Å². The molecule has 0 bridgehead atoms. The molecule has 0 spiro atoms. The van der Waals surface area contributed by atoms with Gasteiger partial charge in [-0.3, -0.25) is 0 Å². The summed E-state index contributed by atoms with van der Waals surface area (Å²) in [5.74, 6) is 1.63. The number of aliphatic hydroxyl groups is 1. The second-order valence-corrected chi connectivity index (χ2v) is 6.38. The van der Waals surface area contributed by atoms with Crippen molar-refractivity contribution in [2.75, 3.05) is 0 Å². The van der Waals surface area contributed by atoms with Crippen molar-refractivity contribution >= 4 is 0 Å². The van der Waals surface area contributed by atoms with E-state index in [0.717, 1.165) is 18.6 Å². The van der Waals surface area contributed by atoms with Crippen LogP contribution in [0.5, 0.6) is 0 Å². The van der Waals surface area contributed by atoms with Crippen LogP contribution in [-0.4, -0.2) is 16.3 Å². The molecule has 2 rings (SSSR count). The van der Waals surface area contributed by atoms with Crippen LogP contribution in [0, 0.1) is 5.92 Å². The number of ether oxygens (including phenoxy) is 1. The third-order valence-corrected chi connectivity index (χ3v) is 3.85. The number of hydrogen-bond donors (Lipinski definition) is 1. The van der Waals surface area contributed by atoms with E-state index in [1.165, 1.54) is 0 Å². The molecule has 1 aliphatic rings. The van der Waals surface area contributed by atoms with Gasteiger partial charge in [0.05, 0.1) is 11.2 Å². The Balaban J connectivity index is 2.20. The fourth-order valence-electron chi connectivity index (χ4n) is 3.04. The van der Waals surface area contributed by atoms with Crippen molar-refractivity contribution in [1.82, 2.24) is 0 Å². The zero-order valence-electron chi connectivity index (χ0n) is 12.0. The molecule has 0 amide bonds. The Morgan fingerprint density at radius 3 is 2.44 bits per heavy atom. The van der Waals surface area contributed by atoms with Gasteiger partial charge < -0.3 is 14.3 Å². The van der Waals surface area contributed by atoms with Crippen molar-refractivity contribution in [3.63, 3.8) is 0 Å². The van der Waals surface area contributed by atoms with Crippen molar-refractivity contribution < 1.29 is 14.3 Å². The highest BCUT2D eigenvalue weighted by Crippen LogP contribution is 2.47. The van der Waals surface area contributed by atoms with Crippen LogP contribution >= 0.6 is 0 Å². The van der Waals surface area contributed by atoms with Crippen LogP contribution in [-0.2, 0) is 11.2 Å². The largest absolute Gasteiger partial charge is 0.463 e. The summed E-state index contributed by atoms with van der Waals surface area (Å²) in [5.41, 5.74) is -0.516. The molecule has 1 N–H and O–H groups in total. The standard InChI is InChI=1S/C15H24O3/c1-6-10-7-8-12(17-10)13(16)11-9-14(2,3)18-15(11,4)5/h7-8,11,13,16H,6,9H2,1-5H3. The van der Waals surface area contributed by atoms with Crippen LogP contribution in [0.3, 0.4) is 0 Å². The van der Waals surface area contributed by atoms with E-state index >= 15 is 0 Å². The summed E-state index contributed by atoms with van der Waals surface area (Å²) in [5, 5.41) is 10.5. The predicted octanol–water partition coefficient (Wildman–Crippen LogP) is 3.47. The molecule has 1 aliphatic heterocycles. The molecule has 1 aromatic rings. The van der Waals surface area contributed by atoms with Crippen LogP contribution in [0.1, 0.15) is 58.7 Å². The molecule has 2 heterocycles. The molecule has 0 saturated carbocycles. The lowest BCUT2D eigenvalue weighted by Gasteiger charge is -2.29. The fraction of sp³-hybridized carbons (Fsp3) is 0.733. The monoisotopic (exact) mass is 252 g/mol. The molecule has 2 unspecified atom stereocenters. The zero-order valence-corrected chi connectivity index (χ0v) is 12.0. The Morgan fingerprint density at radius 1 is 1.33 bits per heavy atom. The lowest BCUT2D eigenvalue weighted by Crippen LogP contribution is -2.32. The van der Waals surface area contributed by atoms with Crippen molar-refractivity contribution in [3.05, 3.63) is 23.7 Å². The first-order valence-corrected chi connectivity index (χ1v) is 6.72. The lowest BCUT2D eigenvalue weighted by molar-refractivity contribution is -0.0899. The first kappa shape index (κ1) is 13.6. The van der Waals surface area contributed by atoms with Gasteiger partial charge in [-0.15, -0.1) is 0 Å². The van der Waals surface area contributed by atoms with Crippen LogP contribution in [0.15, 0.2) is 16.5 Å². The molecular formula is C15H24O3. The van der Waals surface area contributed by atoms with E-state index in [9.17, 15) is 5.11 Å². The Morgan fingerprint density at radius 2 is 2.00 bits per heavy atom. The number of aliphatic hydroxyl groups excluding tert-OH is 1. The maximum absolute atomic E-state index is 10.5. The highest BCUT2D eigenvalue weighted by atomic mass is 16.5. The van der Waals surface area contributed by atoms with Gasteiger partial charge in [0.25, 0.3) is 0 Å². The summed E-state index contributed by atoms with van der Waals surface area (Å²) in [6.07, 6.45) is 1.09. The van der Waals surface area contributed by atoms with Gasteiger partial charge in [-0.2, -0.15) is 0 Å². The maximum Gasteiger partial charge on any atom is 0.133 e. The molecular weight excluding hydrogens is 228 g/mol. The quantitative estimate of drug-likeness (QED) is 0.895. The molecule has 3 heteroatoms. The van der Waals surface area contributed by atoms with Crippen molar-refractivity contribution in [3.8, 4) is 0 Å². The molecule has 1 saturated heterocycles. The van der Waals surface area contributed by atoms with Gasteiger partial charge >= 0.3 is 0 Å². The van der Waals surface area contributed by atoms with Gasteiger partial charge in [0.1, 0.15) is 17.6 Å². The maximum atomic E-state index is 10.5. The molecule has 18 heavy (non-hydrogen) atoms. The van der Waals surface area contributed by atoms with E-state index in [1.54, 1.807) is 0 Å². The highest BCUT2D eigenvalue weighted by Gasteiger charge is 2.49. The summed E-state index contributed by atoms with van der Waals surface area (Å²) < 4.78 is 11.7. The van der Waals surface area contributed by atoms with Gasteiger partial charge in [0.15, 0.2) is 0 Å². The van der Waals surface area contributed by atoms with Gasteiger partial charge in [0, 0.05) is 12.3 Å². The Kier molecular flexibility index (Phi) is 3.32. The first-order chi connectivity index (χ1) is 8.25. The third kappa shape index (κ3) is 2.47. The fourth-order valence-corrected chi connectivity index (χ4v) is 3.04. The smallest absolute Gasteiger partial charge is 0.133 e. The lowest BCUT2D eigenvalue weighted by atomic mass is 9.82. The second kappa shape index (κ2) is 4.39. The Bertz CT molecular complexity index is 417. The molecule has 0 radical (unpaired) electrons. The van der Waals surface area contributed by atoms with E-state index in [4.69, 9.17) is 9.15 Å². The van der Waals surface area contributed by atoms with Gasteiger partial charge in [-0.25, -0.2) is 0 Å². The van der Waals surface area contributed by atoms with Gasteiger partial charge in [0.2, 0.25) is 0 Å². The number of rotatable bonds is 3. The molecule has 3 nitrogen and oxygen atoms in total. The predicted molar refractivity (Wildman–Crippen MR) is 70.4 cm³/mol. The summed E-state index contributed by atoms with van der Waals surface area (Å²) in [7, 11) is 0. The second-order valence-electron chi connectivity index (χ2n) is 6.38. The normalized spacial score (nSPS) is 27.3. The SMILES string of the molecule is CCc1ccc(C(O)C2CC(C)(C)OC2(C)C)o1. The van der Waals surface area contributed by atoms with Crippen LogP contribution in [0.2, 0.25) is 0 Å². The molecule has 1 aromatic heterocycles. The van der Waals surface area contributed by atoms with Crippen molar-refractivity contribution in [1.29, 1.82) is 0 Å². The average molecular weight is 252 g/mol. The van der Waals surface area contributed by atoms with E-state index in [-0.39, 0.29) is 17.1 Å². The summed E-state index contributed by atoms with van der Waals surface area (Å²) >= 11 is 0. The minimum atomic E-state index is -0.595. The molecule has 2 atom stereocenters. The molecule has 102 valence electrons. The Hall–Kier alpha value is -0.800. The van der Waals surface area contributed by atoms with Crippen LogP contribution < -0.4 is 0 Å². The first-order valence-electron chi connectivity index (χ1n) is 6.72. The zero-order chi connectivity index (χ0) is 13.6. The minimum absolute atomic E-state index is 0.0587. The van der Waals surface area contributed by atoms with Gasteiger partial charge in [-0.05, 0) is 46.2 Å². The van der Waals surface area contributed by atoms with E-state index < -0.39 is 6.10 Å². The van der Waals surface area contributed by atoms with E-state index in [1.807, 2.05) is 32.9 Å².